The summed E-state index contributed by atoms with van der Waals surface area (Å²) >= 11 is 0. The third-order valence-corrected chi connectivity index (χ3v) is 5.50. The van der Waals surface area contributed by atoms with Gasteiger partial charge in [0.2, 0.25) is 0 Å². The minimum atomic E-state index is -0.134. The van der Waals surface area contributed by atoms with Gasteiger partial charge < -0.3 is 10.0 Å². The third kappa shape index (κ3) is 2.19. The van der Waals surface area contributed by atoms with Crippen LogP contribution in [0.3, 0.4) is 0 Å². The highest BCUT2D eigenvalue weighted by atomic mass is 16.3. The van der Waals surface area contributed by atoms with Crippen molar-refractivity contribution >= 4 is 16.7 Å². The number of anilines is 1. The largest absolute Gasteiger partial charge is 0.393 e. The molecule has 2 aliphatic rings. The molecule has 2 fully saturated rings. The highest BCUT2D eigenvalue weighted by Gasteiger charge is 2.37. The predicted octanol–water partition coefficient (Wildman–Crippen LogP) is 2.49. The molecular weight excluding hydrogens is 276 g/mol. The van der Waals surface area contributed by atoms with Crippen LogP contribution in [0.5, 0.6) is 0 Å². The lowest BCUT2D eigenvalue weighted by Gasteiger charge is -2.38. The number of rotatable bonds is 2. The summed E-state index contributed by atoms with van der Waals surface area (Å²) in [6.07, 6.45) is 10.6. The normalized spacial score (nSPS) is 29.4. The molecule has 118 valence electrons. The standard InChI is InChI=1S/C17H24N4O/c1-20-17-13(11-19-20)15(8-9-18-17)21-10-4-6-14(21)12-5-2-3-7-16(12)22/h8-9,11-12,14,16,22H,2-7,10H2,1H3/t12-,14+,16-/m0/s1. The lowest BCUT2D eigenvalue weighted by atomic mass is 9.80. The van der Waals surface area contributed by atoms with Crippen LogP contribution in [0, 0.1) is 5.92 Å². The Labute approximate surface area is 130 Å². The van der Waals surface area contributed by atoms with Gasteiger partial charge in [0.25, 0.3) is 0 Å². The molecule has 1 N–H and O–H groups in total. The molecule has 5 heteroatoms. The number of hydrogen-bond acceptors (Lipinski definition) is 4. The van der Waals surface area contributed by atoms with Crippen molar-refractivity contribution < 1.29 is 5.11 Å². The van der Waals surface area contributed by atoms with Gasteiger partial charge in [-0.05, 0) is 31.7 Å². The van der Waals surface area contributed by atoms with E-state index >= 15 is 0 Å². The summed E-state index contributed by atoms with van der Waals surface area (Å²) in [4.78, 5) is 6.95. The van der Waals surface area contributed by atoms with Crippen LogP contribution in [0.4, 0.5) is 5.69 Å². The van der Waals surface area contributed by atoms with Crippen molar-refractivity contribution in [3.05, 3.63) is 18.5 Å². The molecule has 0 aromatic carbocycles. The summed E-state index contributed by atoms with van der Waals surface area (Å²) in [6, 6.07) is 2.57. The van der Waals surface area contributed by atoms with Crippen LogP contribution in [-0.4, -0.2) is 38.6 Å². The first-order chi connectivity index (χ1) is 10.8. The monoisotopic (exact) mass is 300 g/mol. The summed E-state index contributed by atoms with van der Waals surface area (Å²) < 4.78 is 1.83. The van der Waals surface area contributed by atoms with Crippen molar-refractivity contribution in [1.82, 2.24) is 14.8 Å². The minimum absolute atomic E-state index is 0.134. The highest BCUT2D eigenvalue weighted by Crippen LogP contribution is 2.38. The van der Waals surface area contributed by atoms with Crippen LogP contribution in [0.25, 0.3) is 11.0 Å². The second-order valence-corrected chi connectivity index (χ2v) is 6.75. The molecule has 1 aliphatic carbocycles. The summed E-state index contributed by atoms with van der Waals surface area (Å²) in [6.45, 7) is 1.07. The molecule has 0 bridgehead atoms. The first-order valence-electron chi connectivity index (χ1n) is 8.47. The first-order valence-corrected chi connectivity index (χ1v) is 8.47. The van der Waals surface area contributed by atoms with Crippen LogP contribution >= 0.6 is 0 Å². The number of hydrogen-bond donors (Lipinski definition) is 1. The molecule has 0 spiro atoms. The van der Waals surface area contributed by atoms with E-state index in [0.29, 0.717) is 12.0 Å². The smallest absolute Gasteiger partial charge is 0.159 e. The first kappa shape index (κ1) is 14.0. The Morgan fingerprint density at radius 1 is 1.18 bits per heavy atom. The van der Waals surface area contributed by atoms with Gasteiger partial charge in [-0.1, -0.05) is 12.8 Å². The molecule has 0 unspecified atom stereocenters. The maximum Gasteiger partial charge on any atom is 0.159 e. The van der Waals surface area contributed by atoms with Crippen LogP contribution in [-0.2, 0) is 7.05 Å². The van der Waals surface area contributed by atoms with E-state index in [2.05, 4.69) is 21.0 Å². The van der Waals surface area contributed by atoms with E-state index in [0.717, 1.165) is 30.4 Å². The lowest BCUT2D eigenvalue weighted by molar-refractivity contribution is 0.0566. The Bertz CT molecular complexity index is 668. The second-order valence-electron chi connectivity index (χ2n) is 6.75. The van der Waals surface area contributed by atoms with Gasteiger partial charge >= 0.3 is 0 Å². The molecule has 0 radical (unpaired) electrons. The molecule has 22 heavy (non-hydrogen) atoms. The van der Waals surface area contributed by atoms with Gasteiger partial charge in [-0.3, -0.25) is 4.68 Å². The van der Waals surface area contributed by atoms with Crippen molar-refractivity contribution in [1.29, 1.82) is 0 Å². The number of pyridine rings is 1. The van der Waals surface area contributed by atoms with E-state index in [1.54, 1.807) is 0 Å². The average molecular weight is 300 g/mol. The molecule has 0 amide bonds. The maximum atomic E-state index is 10.5. The molecule has 3 atom stereocenters. The fraction of sp³-hybridized carbons (Fsp3) is 0.647. The van der Waals surface area contributed by atoms with Gasteiger partial charge in [0, 0.05) is 31.7 Å². The predicted molar refractivity (Wildman–Crippen MR) is 86.8 cm³/mol. The van der Waals surface area contributed by atoms with Gasteiger partial charge in [-0.25, -0.2) is 4.98 Å². The number of aliphatic hydroxyl groups excluding tert-OH is 1. The molecule has 1 aliphatic heterocycles. The summed E-state index contributed by atoms with van der Waals surface area (Å²) in [7, 11) is 1.94. The van der Waals surface area contributed by atoms with E-state index in [-0.39, 0.29) is 6.10 Å². The van der Waals surface area contributed by atoms with Gasteiger partial charge in [0.05, 0.1) is 23.4 Å². The molecule has 1 saturated heterocycles. The van der Waals surface area contributed by atoms with Gasteiger partial charge in [-0.2, -0.15) is 5.10 Å². The lowest BCUT2D eigenvalue weighted by Crippen LogP contribution is -2.42. The average Bonchev–Trinajstić information content (AvgIpc) is 3.15. The number of aryl methyl sites for hydroxylation is 1. The zero-order valence-corrected chi connectivity index (χ0v) is 13.1. The Morgan fingerprint density at radius 2 is 2.05 bits per heavy atom. The minimum Gasteiger partial charge on any atom is -0.393 e. The molecule has 2 aromatic rings. The quantitative estimate of drug-likeness (QED) is 0.926. The number of fused-ring (bicyclic) bond motifs is 1. The van der Waals surface area contributed by atoms with Gasteiger partial charge in [0.1, 0.15) is 0 Å². The van der Waals surface area contributed by atoms with Crippen LogP contribution in [0.1, 0.15) is 38.5 Å². The highest BCUT2D eigenvalue weighted by molar-refractivity contribution is 5.89. The topological polar surface area (TPSA) is 54.2 Å². The molecule has 1 saturated carbocycles. The van der Waals surface area contributed by atoms with Crippen LogP contribution < -0.4 is 4.90 Å². The Morgan fingerprint density at radius 3 is 2.91 bits per heavy atom. The van der Waals surface area contributed by atoms with Crippen molar-refractivity contribution in [2.24, 2.45) is 13.0 Å². The van der Waals surface area contributed by atoms with E-state index in [4.69, 9.17) is 0 Å². The Kier molecular flexibility index (Phi) is 3.53. The Hall–Kier alpha value is -1.62. The van der Waals surface area contributed by atoms with E-state index < -0.39 is 0 Å². The summed E-state index contributed by atoms with van der Waals surface area (Å²) in [5, 5.41) is 15.9. The van der Waals surface area contributed by atoms with E-state index in [9.17, 15) is 5.11 Å². The summed E-state index contributed by atoms with van der Waals surface area (Å²) in [5.74, 6) is 0.413. The summed E-state index contributed by atoms with van der Waals surface area (Å²) in [5.41, 5.74) is 2.17. The molecule has 2 aromatic heterocycles. The van der Waals surface area contributed by atoms with E-state index in [1.807, 2.05) is 24.1 Å². The molecule has 3 heterocycles. The van der Waals surface area contributed by atoms with Crippen molar-refractivity contribution in [3.63, 3.8) is 0 Å². The second kappa shape index (κ2) is 5.54. The molecular formula is C17H24N4O. The van der Waals surface area contributed by atoms with Crippen LogP contribution in [0.2, 0.25) is 0 Å². The molecule has 5 nitrogen and oxygen atoms in total. The van der Waals surface area contributed by atoms with Gasteiger partial charge in [0.15, 0.2) is 5.65 Å². The number of aliphatic hydroxyl groups is 1. The van der Waals surface area contributed by atoms with Crippen LogP contribution in [0.15, 0.2) is 18.5 Å². The molecule has 4 rings (SSSR count). The van der Waals surface area contributed by atoms with Crippen molar-refractivity contribution in [3.8, 4) is 0 Å². The fourth-order valence-corrected chi connectivity index (χ4v) is 4.41. The number of nitrogens with zero attached hydrogens (tertiary/aromatic N) is 4. The zero-order valence-electron chi connectivity index (χ0n) is 13.1. The van der Waals surface area contributed by atoms with Crippen molar-refractivity contribution in [2.45, 2.75) is 50.7 Å². The maximum absolute atomic E-state index is 10.5. The Balaban J connectivity index is 1.70. The SMILES string of the molecule is Cn1ncc2c(N3CCC[C@@H]3[C@@H]3CCCC[C@@H]3O)ccnc21. The zero-order chi connectivity index (χ0) is 15.1. The number of aromatic nitrogens is 3. The van der Waals surface area contributed by atoms with Crippen molar-refractivity contribution in [2.75, 3.05) is 11.4 Å². The van der Waals surface area contributed by atoms with E-state index in [1.165, 1.54) is 31.4 Å². The third-order valence-electron chi connectivity index (χ3n) is 5.50. The fourth-order valence-electron chi connectivity index (χ4n) is 4.41. The van der Waals surface area contributed by atoms with Gasteiger partial charge in [-0.15, -0.1) is 0 Å².